The number of urea groups is 1. The Kier molecular flexibility index (Phi) is 5.66. The summed E-state index contributed by atoms with van der Waals surface area (Å²) in [6.45, 7) is 1.93. The lowest BCUT2D eigenvalue weighted by atomic mass is 10.1. The van der Waals surface area contributed by atoms with E-state index in [1.165, 1.54) is 0 Å². The van der Waals surface area contributed by atoms with E-state index in [2.05, 4.69) is 16.0 Å². The van der Waals surface area contributed by atoms with Gasteiger partial charge in [-0.1, -0.05) is 0 Å². The van der Waals surface area contributed by atoms with Crippen LogP contribution in [0.2, 0.25) is 0 Å². The summed E-state index contributed by atoms with van der Waals surface area (Å²) in [4.78, 5) is 21.6. The molecule has 2 amide bonds. The number of carboxylic acid groups (broad SMARTS) is 1. The van der Waals surface area contributed by atoms with E-state index in [4.69, 9.17) is 5.11 Å². The number of carboxylic acids is 1. The standard InChI is InChI=1S/C13H19N3O3/c1-9(3-8-12(17)18)15-10-4-6-11(7-5-10)16-13(19)14-2/h4-7,9,15H,3,8H2,1-2H3,(H,17,18)(H2,14,16,19). The number of carbonyl (C=O) groups excluding carboxylic acids is 1. The maximum Gasteiger partial charge on any atom is 0.318 e. The molecule has 6 heteroatoms. The minimum atomic E-state index is -0.793. The lowest BCUT2D eigenvalue weighted by Crippen LogP contribution is -2.24. The first-order valence-corrected chi connectivity index (χ1v) is 6.08. The third kappa shape index (κ3) is 5.76. The van der Waals surface area contributed by atoms with Gasteiger partial charge in [-0.15, -0.1) is 0 Å². The van der Waals surface area contributed by atoms with Crippen LogP contribution in [0.5, 0.6) is 0 Å². The summed E-state index contributed by atoms with van der Waals surface area (Å²) in [5.41, 5.74) is 1.59. The van der Waals surface area contributed by atoms with Crippen LogP contribution in [0.3, 0.4) is 0 Å². The number of hydrogen-bond acceptors (Lipinski definition) is 3. The summed E-state index contributed by atoms with van der Waals surface area (Å²) >= 11 is 0. The largest absolute Gasteiger partial charge is 0.481 e. The number of benzene rings is 1. The van der Waals surface area contributed by atoms with Crippen LogP contribution in [0.4, 0.5) is 16.2 Å². The molecule has 0 heterocycles. The Morgan fingerprint density at radius 2 is 1.79 bits per heavy atom. The molecule has 4 N–H and O–H groups in total. The zero-order valence-electron chi connectivity index (χ0n) is 11.1. The lowest BCUT2D eigenvalue weighted by molar-refractivity contribution is -0.137. The van der Waals surface area contributed by atoms with E-state index in [9.17, 15) is 9.59 Å². The van der Waals surface area contributed by atoms with Crippen LogP contribution >= 0.6 is 0 Å². The minimum absolute atomic E-state index is 0.0776. The van der Waals surface area contributed by atoms with Crippen LogP contribution in [-0.2, 0) is 4.79 Å². The van der Waals surface area contributed by atoms with Gasteiger partial charge in [0.2, 0.25) is 0 Å². The Labute approximate surface area is 112 Å². The third-order valence-electron chi connectivity index (χ3n) is 2.57. The summed E-state index contributed by atoms with van der Waals surface area (Å²) in [6.07, 6.45) is 0.706. The van der Waals surface area contributed by atoms with Crippen molar-refractivity contribution in [3.05, 3.63) is 24.3 Å². The Morgan fingerprint density at radius 1 is 1.21 bits per heavy atom. The highest BCUT2D eigenvalue weighted by atomic mass is 16.4. The zero-order chi connectivity index (χ0) is 14.3. The van der Waals surface area contributed by atoms with E-state index in [1.807, 2.05) is 19.1 Å². The van der Waals surface area contributed by atoms with Crippen LogP contribution < -0.4 is 16.0 Å². The minimum Gasteiger partial charge on any atom is -0.481 e. The van der Waals surface area contributed by atoms with Crippen molar-refractivity contribution in [3.8, 4) is 0 Å². The molecule has 1 atom stereocenters. The van der Waals surface area contributed by atoms with Gasteiger partial charge in [-0.25, -0.2) is 4.79 Å². The predicted octanol–water partition coefficient (Wildman–Crippen LogP) is 2.10. The molecule has 6 nitrogen and oxygen atoms in total. The predicted molar refractivity (Wildman–Crippen MR) is 74.5 cm³/mol. The average molecular weight is 265 g/mol. The van der Waals surface area contributed by atoms with Gasteiger partial charge in [-0.05, 0) is 37.6 Å². The SMILES string of the molecule is CNC(=O)Nc1ccc(NC(C)CCC(=O)O)cc1. The van der Waals surface area contributed by atoms with Crippen LogP contribution in [0.25, 0.3) is 0 Å². The second-order valence-electron chi connectivity index (χ2n) is 4.26. The second kappa shape index (κ2) is 7.25. The Morgan fingerprint density at radius 3 is 2.32 bits per heavy atom. The molecule has 0 spiro atoms. The van der Waals surface area contributed by atoms with Crippen molar-refractivity contribution in [2.75, 3.05) is 17.7 Å². The summed E-state index contributed by atoms with van der Waals surface area (Å²) in [5.74, 6) is -0.793. The highest BCUT2D eigenvalue weighted by Gasteiger charge is 2.05. The van der Waals surface area contributed by atoms with Crippen LogP contribution in [0.15, 0.2) is 24.3 Å². The summed E-state index contributed by atoms with van der Waals surface area (Å²) < 4.78 is 0. The van der Waals surface area contributed by atoms with Gasteiger partial charge in [0.05, 0.1) is 0 Å². The summed E-state index contributed by atoms with van der Waals surface area (Å²) in [5, 5.41) is 16.9. The van der Waals surface area contributed by atoms with Gasteiger partial charge in [0.1, 0.15) is 0 Å². The number of aliphatic carboxylic acids is 1. The zero-order valence-corrected chi connectivity index (χ0v) is 11.1. The lowest BCUT2D eigenvalue weighted by Gasteiger charge is -2.14. The Balaban J connectivity index is 2.47. The van der Waals surface area contributed by atoms with Crippen molar-refractivity contribution >= 4 is 23.4 Å². The van der Waals surface area contributed by atoms with E-state index in [0.29, 0.717) is 12.1 Å². The van der Waals surface area contributed by atoms with Gasteiger partial charge in [-0.3, -0.25) is 4.79 Å². The maximum absolute atomic E-state index is 11.1. The number of amides is 2. The van der Waals surface area contributed by atoms with Crippen molar-refractivity contribution in [1.29, 1.82) is 0 Å². The number of anilines is 2. The molecule has 0 saturated carbocycles. The molecule has 1 unspecified atom stereocenters. The van der Waals surface area contributed by atoms with Gasteiger partial charge in [0, 0.05) is 30.9 Å². The van der Waals surface area contributed by atoms with E-state index >= 15 is 0 Å². The molecule has 1 aromatic carbocycles. The molecule has 0 saturated heterocycles. The van der Waals surface area contributed by atoms with Gasteiger partial charge >= 0.3 is 12.0 Å². The molecular formula is C13H19N3O3. The van der Waals surface area contributed by atoms with Gasteiger partial charge in [0.25, 0.3) is 0 Å². The van der Waals surface area contributed by atoms with Crippen molar-refractivity contribution in [3.63, 3.8) is 0 Å². The van der Waals surface area contributed by atoms with Gasteiger partial charge < -0.3 is 21.1 Å². The van der Waals surface area contributed by atoms with Crippen molar-refractivity contribution in [2.45, 2.75) is 25.8 Å². The van der Waals surface area contributed by atoms with Crippen LogP contribution in [-0.4, -0.2) is 30.2 Å². The van der Waals surface area contributed by atoms with Crippen LogP contribution in [0.1, 0.15) is 19.8 Å². The fourth-order valence-electron chi connectivity index (χ4n) is 1.54. The maximum atomic E-state index is 11.1. The molecule has 0 fully saturated rings. The van der Waals surface area contributed by atoms with Crippen molar-refractivity contribution in [2.24, 2.45) is 0 Å². The topological polar surface area (TPSA) is 90.5 Å². The molecule has 19 heavy (non-hydrogen) atoms. The molecule has 104 valence electrons. The van der Waals surface area contributed by atoms with Crippen LogP contribution in [0, 0.1) is 0 Å². The van der Waals surface area contributed by atoms with E-state index in [0.717, 1.165) is 5.69 Å². The normalized spacial score (nSPS) is 11.5. The van der Waals surface area contributed by atoms with Gasteiger partial charge in [-0.2, -0.15) is 0 Å². The molecule has 0 aromatic heterocycles. The fourth-order valence-corrected chi connectivity index (χ4v) is 1.54. The quantitative estimate of drug-likeness (QED) is 0.634. The molecule has 0 aliphatic heterocycles. The Hall–Kier alpha value is -2.24. The molecule has 0 bridgehead atoms. The average Bonchev–Trinajstić information content (AvgIpc) is 2.38. The number of rotatable bonds is 6. The highest BCUT2D eigenvalue weighted by molar-refractivity contribution is 5.89. The van der Waals surface area contributed by atoms with Crippen molar-refractivity contribution < 1.29 is 14.7 Å². The van der Waals surface area contributed by atoms with E-state index < -0.39 is 5.97 Å². The summed E-state index contributed by atoms with van der Waals surface area (Å²) in [6, 6.07) is 7.04. The highest BCUT2D eigenvalue weighted by Crippen LogP contribution is 2.15. The number of carbonyl (C=O) groups is 2. The number of nitrogens with one attached hydrogen (secondary N) is 3. The number of hydrogen-bond donors (Lipinski definition) is 4. The molecule has 0 radical (unpaired) electrons. The fraction of sp³-hybridized carbons (Fsp3) is 0.385. The monoisotopic (exact) mass is 265 g/mol. The summed E-state index contributed by atoms with van der Waals surface area (Å²) in [7, 11) is 1.55. The first-order valence-electron chi connectivity index (χ1n) is 6.08. The van der Waals surface area contributed by atoms with Gasteiger partial charge in [0.15, 0.2) is 0 Å². The third-order valence-corrected chi connectivity index (χ3v) is 2.57. The first kappa shape index (κ1) is 14.8. The molecule has 1 aromatic rings. The Bertz CT molecular complexity index is 431. The van der Waals surface area contributed by atoms with E-state index in [-0.39, 0.29) is 18.5 Å². The molecular weight excluding hydrogens is 246 g/mol. The molecule has 1 rings (SSSR count). The molecule has 0 aliphatic rings. The molecule has 0 aliphatic carbocycles. The smallest absolute Gasteiger partial charge is 0.318 e. The van der Waals surface area contributed by atoms with E-state index in [1.54, 1.807) is 19.2 Å². The first-order chi connectivity index (χ1) is 9.01. The van der Waals surface area contributed by atoms with Crippen molar-refractivity contribution in [1.82, 2.24) is 5.32 Å². The second-order valence-corrected chi connectivity index (χ2v) is 4.26.